The summed E-state index contributed by atoms with van der Waals surface area (Å²) >= 11 is 0. The quantitative estimate of drug-likeness (QED) is 0.759. The number of likely N-dealkylation sites (N-methyl/N-ethyl adjacent to an activating group) is 1. The standard InChI is InChI=1S/C16H26N2O4/c1-6-7-8-18(2)15(19)11-17-12-9-13(20-3)16(22-5)14(10-12)21-4/h9-10,17H,6-8,11H2,1-5H3. The summed E-state index contributed by atoms with van der Waals surface area (Å²) in [7, 11) is 6.49. The van der Waals surface area contributed by atoms with Crippen molar-refractivity contribution in [3.63, 3.8) is 0 Å². The Labute approximate surface area is 132 Å². The minimum Gasteiger partial charge on any atom is -0.493 e. The van der Waals surface area contributed by atoms with E-state index in [1.54, 1.807) is 38.4 Å². The van der Waals surface area contributed by atoms with Gasteiger partial charge in [0.1, 0.15) is 0 Å². The number of benzene rings is 1. The van der Waals surface area contributed by atoms with Crippen molar-refractivity contribution < 1.29 is 19.0 Å². The van der Waals surface area contributed by atoms with E-state index in [9.17, 15) is 4.79 Å². The zero-order valence-electron chi connectivity index (χ0n) is 14.1. The lowest BCUT2D eigenvalue weighted by Gasteiger charge is -2.18. The highest BCUT2D eigenvalue weighted by atomic mass is 16.5. The van der Waals surface area contributed by atoms with E-state index in [0.717, 1.165) is 25.1 Å². The van der Waals surface area contributed by atoms with Crippen molar-refractivity contribution >= 4 is 11.6 Å². The Morgan fingerprint density at radius 1 is 1.14 bits per heavy atom. The largest absolute Gasteiger partial charge is 0.493 e. The maximum absolute atomic E-state index is 12.0. The van der Waals surface area contributed by atoms with Crippen LogP contribution in [0.1, 0.15) is 19.8 Å². The van der Waals surface area contributed by atoms with Crippen LogP contribution < -0.4 is 19.5 Å². The number of amides is 1. The zero-order valence-corrected chi connectivity index (χ0v) is 14.1. The summed E-state index contributed by atoms with van der Waals surface area (Å²) in [4.78, 5) is 13.8. The number of hydrogen-bond acceptors (Lipinski definition) is 5. The van der Waals surface area contributed by atoms with Gasteiger partial charge in [-0.05, 0) is 6.42 Å². The average molecular weight is 310 g/mol. The average Bonchev–Trinajstić information content (AvgIpc) is 2.55. The van der Waals surface area contributed by atoms with Crippen molar-refractivity contribution in [3.8, 4) is 17.2 Å². The summed E-state index contributed by atoms with van der Waals surface area (Å²) in [6.45, 7) is 3.09. The van der Waals surface area contributed by atoms with Crippen LogP contribution >= 0.6 is 0 Å². The molecule has 6 nitrogen and oxygen atoms in total. The fourth-order valence-corrected chi connectivity index (χ4v) is 2.02. The molecule has 0 aliphatic carbocycles. The number of carbonyl (C=O) groups excluding carboxylic acids is 1. The van der Waals surface area contributed by atoms with Crippen LogP contribution in [0.4, 0.5) is 5.69 Å². The van der Waals surface area contributed by atoms with E-state index in [4.69, 9.17) is 14.2 Å². The van der Waals surface area contributed by atoms with Gasteiger partial charge in [0.15, 0.2) is 11.5 Å². The number of carbonyl (C=O) groups is 1. The number of hydrogen-bond donors (Lipinski definition) is 1. The van der Waals surface area contributed by atoms with E-state index in [0.29, 0.717) is 17.2 Å². The fourth-order valence-electron chi connectivity index (χ4n) is 2.02. The molecule has 0 spiro atoms. The summed E-state index contributed by atoms with van der Waals surface area (Å²) in [5.74, 6) is 1.68. The Kier molecular flexibility index (Phi) is 7.36. The molecule has 1 N–H and O–H groups in total. The van der Waals surface area contributed by atoms with E-state index >= 15 is 0 Å². The maximum Gasteiger partial charge on any atom is 0.241 e. The van der Waals surface area contributed by atoms with E-state index in [-0.39, 0.29) is 12.5 Å². The second-order valence-electron chi connectivity index (χ2n) is 4.94. The Morgan fingerprint density at radius 2 is 1.73 bits per heavy atom. The van der Waals surface area contributed by atoms with Crippen LogP contribution in [0.2, 0.25) is 0 Å². The Hall–Kier alpha value is -2.11. The van der Waals surface area contributed by atoms with Crippen LogP contribution in [-0.2, 0) is 4.79 Å². The van der Waals surface area contributed by atoms with Crippen molar-refractivity contribution in [1.29, 1.82) is 0 Å². The highest BCUT2D eigenvalue weighted by Crippen LogP contribution is 2.39. The van der Waals surface area contributed by atoms with Crippen LogP contribution in [0, 0.1) is 0 Å². The first-order valence-corrected chi connectivity index (χ1v) is 7.35. The minimum atomic E-state index is 0.0437. The SMILES string of the molecule is CCCCN(C)C(=O)CNc1cc(OC)c(OC)c(OC)c1. The molecule has 1 amide bonds. The Morgan fingerprint density at radius 3 is 2.18 bits per heavy atom. The van der Waals surface area contributed by atoms with Gasteiger partial charge in [0.05, 0.1) is 27.9 Å². The molecule has 0 saturated heterocycles. The summed E-state index contributed by atoms with van der Waals surface area (Å²) in [6, 6.07) is 3.56. The topological polar surface area (TPSA) is 60.0 Å². The first-order valence-electron chi connectivity index (χ1n) is 7.35. The number of anilines is 1. The van der Waals surface area contributed by atoms with Crippen molar-refractivity contribution in [2.24, 2.45) is 0 Å². The molecule has 0 bridgehead atoms. The molecular formula is C16H26N2O4. The lowest BCUT2D eigenvalue weighted by Crippen LogP contribution is -2.32. The molecular weight excluding hydrogens is 284 g/mol. The van der Waals surface area contributed by atoms with E-state index in [1.165, 1.54) is 0 Å². The van der Waals surface area contributed by atoms with E-state index < -0.39 is 0 Å². The van der Waals surface area contributed by atoms with Gasteiger partial charge in [-0.1, -0.05) is 13.3 Å². The third-order valence-electron chi connectivity index (χ3n) is 3.38. The molecule has 0 atom stereocenters. The van der Waals surface area contributed by atoms with Crippen LogP contribution in [0.15, 0.2) is 12.1 Å². The molecule has 124 valence electrons. The highest BCUT2D eigenvalue weighted by Gasteiger charge is 2.14. The Balaban J connectivity index is 2.75. The fraction of sp³-hybridized carbons (Fsp3) is 0.562. The molecule has 1 aromatic carbocycles. The zero-order chi connectivity index (χ0) is 16.5. The lowest BCUT2D eigenvalue weighted by atomic mass is 10.2. The first kappa shape index (κ1) is 17.9. The van der Waals surface area contributed by atoms with E-state index in [2.05, 4.69) is 12.2 Å². The number of unbranched alkanes of at least 4 members (excludes halogenated alkanes) is 1. The molecule has 1 aromatic rings. The third-order valence-corrected chi connectivity index (χ3v) is 3.38. The molecule has 6 heteroatoms. The predicted octanol–water partition coefficient (Wildman–Crippen LogP) is 2.38. The molecule has 0 heterocycles. The molecule has 0 unspecified atom stereocenters. The molecule has 0 radical (unpaired) electrons. The second kappa shape index (κ2) is 9.02. The van der Waals surface area contributed by atoms with Crippen LogP contribution in [-0.4, -0.2) is 52.3 Å². The summed E-state index contributed by atoms with van der Waals surface area (Å²) in [5, 5.41) is 3.10. The van der Waals surface area contributed by atoms with Gasteiger partial charge in [-0.2, -0.15) is 0 Å². The maximum atomic E-state index is 12.0. The normalized spacial score (nSPS) is 10.0. The van der Waals surface area contributed by atoms with Gasteiger partial charge in [-0.15, -0.1) is 0 Å². The molecule has 1 rings (SSSR count). The molecule has 0 aliphatic rings. The molecule has 0 aliphatic heterocycles. The summed E-state index contributed by atoms with van der Waals surface area (Å²) < 4.78 is 15.8. The van der Waals surface area contributed by atoms with Gasteiger partial charge in [0, 0.05) is 31.4 Å². The van der Waals surface area contributed by atoms with Crippen molar-refractivity contribution in [2.45, 2.75) is 19.8 Å². The molecule has 0 fully saturated rings. The second-order valence-corrected chi connectivity index (χ2v) is 4.94. The Bertz CT molecular complexity index is 466. The predicted molar refractivity (Wildman–Crippen MR) is 87.1 cm³/mol. The first-order chi connectivity index (χ1) is 10.6. The monoisotopic (exact) mass is 310 g/mol. The number of rotatable bonds is 9. The number of ether oxygens (including phenoxy) is 3. The minimum absolute atomic E-state index is 0.0437. The van der Waals surface area contributed by atoms with Gasteiger partial charge >= 0.3 is 0 Å². The van der Waals surface area contributed by atoms with Crippen molar-refractivity contribution in [2.75, 3.05) is 46.8 Å². The smallest absolute Gasteiger partial charge is 0.241 e. The number of nitrogens with one attached hydrogen (secondary N) is 1. The van der Waals surface area contributed by atoms with Crippen LogP contribution in [0.5, 0.6) is 17.2 Å². The van der Waals surface area contributed by atoms with Crippen molar-refractivity contribution in [1.82, 2.24) is 4.90 Å². The summed E-state index contributed by atoms with van der Waals surface area (Å²) in [5.41, 5.74) is 0.742. The van der Waals surface area contributed by atoms with Crippen molar-refractivity contribution in [3.05, 3.63) is 12.1 Å². The van der Waals surface area contributed by atoms with Gasteiger partial charge in [0.2, 0.25) is 11.7 Å². The van der Waals surface area contributed by atoms with E-state index in [1.807, 2.05) is 7.05 Å². The number of methoxy groups -OCH3 is 3. The summed E-state index contributed by atoms with van der Waals surface area (Å²) in [6.07, 6.45) is 2.07. The third kappa shape index (κ3) is 4.72. The van der Waals surface area contributed by atoms with Crippen LogP contribution in [0.3, 0.4) is 0 Å². The molecule has 22 heavy (non-hydrogen) atoms. The highest BCUT2D eigenvalue weighted by molar-refractivity contribution is 5.81. The van der Waals surface area contributed by atoms with Gasteiger partial charge in [0.25, 0.3) is 0 Å². The number of nitrogens with zero attached hydrogens (tertiary/aromatic N) is 1. The van der Waals surface area contributed by atoms with Gasteiger partial charge < -0.3 is 24.4 Å². The molecule has 0 saturated carbocycles. The van der Waals surface area contributed by atoms with Gasteiger partial charge in [-0.3, -0.25) is 4.79 Å². The lowest BCUT2D eigenvalue weighted by molar-refractivity contribution is -0.128. The van der Waals surface area contributed by atoms with Gasteiger partial charge in [-0.25, -0.2) is 0 Å². The van der Waals surface area contributed by atoms with Crippen LogP contribution in [0.25, 0.3) is 0 Å². The molecule has 0 aromatic heterocycles.